The van der Waals surface area contributed by atoms with Gasteiger partial charge in [-0.25, -0.2) is 0 Å². The molecule has 1 aliphatic heterocycles. The third-order valence-corrected chi connectivity index (χ3v) is 3.53. The third-order valence-electron chi connectivity index (χ3n) is 1.56. The molecule has 0 saturated heterocycles. The SMILES string of the molecule is C[I-]N1C=C(C(C)=O)C=CC1O. The first kappa shape index (κ1) is 9.73. The standard InChI is InChI=1S/C8H11INO2/c1-6(11)7-3-4-8(12)10(5-7)9-2/h3-5,8,12H,1-2H3/q-1. The van der Waals surface area contributed by atoms with Crippen LogP contribution in [-0.2, 0) is 4.79 Å². The quantitative estimate of drug-likeness (QED) is 0.339. The van der Waals surface area contributed by atoms with Crippen LogP contribution in [-0.4, -0.2) is 25.2 Å². The number of rotatable bonds is 2. The van der Waals surface area contributed by atoms with Crippen LogP contribution in [0.3, 0.4) is 0 Å². The molecule has 0 aromatic heterocycles. The van der Waals surface area contributed by atoms with Gasteiger partial charge in [0.25, 0.3) is 0 Å². The summed E-state index contributed by atoms with van der Waals surface area (Å²) >= 11 is -0.203. The average Bonchev–Trinajstić information content (AvgIpc) is 2.05. The van der Waals surface area contributed by atoms with E-state index in [4.69, 9.17) is 0 Å². The Morgan fingerprint density at radius 1 is 1.75 bits per heavy atom. The van der Waals surface area contributed by atoms with Gasteiger partial charge in [-0.3, -0.25) is 0 Å². The Morgan fingerprint density at radius 2 is 2.42 bits per heavy atom. The van der Waals surface area contributed by atoms with E-state index >= 15 is 0 Å². The van der Waals surface area contributed by atoms with Crippen LogP contribution in [0.1, 0.15) is 6.92 Å². The molecule has 0 fully saturated rings. The Kier molecular flexibility index (Phi) is 3.28. The molecule has 1 rings (SSSR count). The van der Waals surface area contributed by atoms with Crippen molar-refractivity contribution in [3.05, 3.63) is 23.9 Å². The van der Waals surface area contributed by atoms with Gasteiger partial charge in [0.15, 0.2) is 0 Å². The van der Waals surface area contributed by atoms with E-state index in [0.29, 0.717) is 5.57 Å². The molecule has 0 bridgehead atoms. The maximum absolute atomic E-state index is 11.0. The second kappa shape index (κ2) is 4.04. The zero-order valence-electron chi connectivity index (χ0n) is 6.99. The van der Waals surface area contributed by atoms with Gasteiger partial charge in [0.1, 0.15) is 0 Å². The van der Waals surface area contributed by atoms with Crippen LogP contribution in [0.5, 0.6) is 0 Å². The molecule has 1 aliphatic rings. The van der Waals surface area contributed by atoms with E-state index in [2.05, 4.69) is 0 Å². The van der Waals surface area contributed by atoms with Crippen LogP contribution >= 0.6 is 0 Å². The number of nitrogens with zero attached hydrogens (tertiary/aromatic N) is 1. The summed E-state index contributed by atoms with van der Waals surface area (Å²) in [6.07, 6.45) is 4.51. The first-order valence-corrected chi connectivity index (χ1v) is 6.64. The summed E-state index contributed by atoms with van der Waals surface area (Å²) in [4.78, 5) is 13.0. The first-order valence-electron chi connectivity index (χ1n) is 3.52. The fourth-order valence-corrected chi connectivity index (χ4v) is 2.22. The number of halogens is 1. The van der Waals surface area contributed by atoms with Crippen LogP contribution in [0.15, 0.2) is 23.9 Å². The summed E-state index contributed by atoms with van der Waals surface area (Å²) in [5.41, 5.74) is 0.668. The average molecular weight is 280 g/mol. The first-order chi connectivity index (χ1) is 5.65. The van der Waals surface area contributed by atoms with E-state index in [1.54, 1.807) is 18.4 Å². The van der Waals surface area contributed by atoms with Gasteiger partial charge in [0.2, 0.25) is 0 Å². The van der Waals surface area contributed by atoms with E-state index in [1.165, 1.54) is 6.92 Å². The molecular formula is C8H11INO2-. The van der Waals surface area contributed by atoms with Gasteiger partial charge < -0.3 is 0 Å². The van der Waals surface area contributed by atoms with Crippen molar-refractivity contribution in [1.82, 2.24) is 3.11 Å². The van der Waals surface area contributed by atoms with Crippen LogP contribution in [0, 0.1) is 0 Å². The summed E-state index contributed by atoms with van der Waals surface area (Å²) < 4.78 is 1.82. The molecule has 12 heavy (non-hydrogen) atoms. The number of Topliss-reactive ketones (excluding diaryl/α,β-unsaturated/α-hetero) is 1. The number of allylic oxidation sites excluding steroid dienone is 2. The molecule has 1 N–H and O–H groups in total. The van der Waals surface area contributed by atoms with Crippen molar-refractivity contribution in [2.45, 2.75) is 13.2 Å². The molecule has 1 heterocycles. The zero-order valence-corrected chi connectivity index (χ0v) is 9.15. The molecule has 1 atom stereocenters. The maximum atomic E-state index is 11.0. The second-order valence-electron chi connectivity index (χ2n) is 2.43. The van der Waals surface area contributed by atoms with E-state index in [0.717, 1.165) is 0 Å². The van der Waals surface area contributed by atoms with Crippen LogP contribution in [0.25, 0.3) is 0 Å². The molecule has 4 heteroatoms. The van der Waals surface area contributed by atoms with Crippen molar-refractivity contribution in [2.75, 3.05) is 4.93 Å². The Labute approximate surface area is 82.4 Å². The Bertz CT molecular complexity index is 247. The molecule has 0 saturated carbocycles. The summed E-state index contributed by atoms with van der Waals surface area (Å²) in [7, 11) is 0. The number of hydrogen-bond acceptors (Lipinski definition) is 3. The van der Waals surface area contributed by atoms with Crippen molar-refractivity contribution in [3.63, 3.8) is 0 Å². The van der Waals surface area contributed by atoms with Gasteiger partial charge in [-0.2, -0.15) is 0 Å². The molecule has 1 unspecified atom stereocenters. The number of aliphatic hydroxyl groups is 1. The Hall–Kier alpha value is -0.360. The molecule has 0 aliphatic carbocycles. The van der Waals surface area contributed by atoms with E-state index in [9.17, 15) is 9.90 Å². The van der Waals surface area contributed by atoms with Crippen molar-refractivity contribution in [2.24, 2.45) is 0 Å². The molecule has 0 aromatic carbocycles. The normalized spacial score (nSPS) is 22.8. The van der Waals surface area contributed by atoms with Gasteiger partial charge in [0, 0.05) is 0 Å². The fourth-order valence-electron chi connectivity index (χ4n) is 0.881. The summed E-state index contributed by atoms with van der Waals surface area (Å²) in [5.74, 6) is 0.0422. The molecule has 0 spiro atoms. The van der Waals surface area contributed by atoms with Gasteiger partial charge in [-0.1, -0.05) is 0 Å². The number of hydrogen-bond donors (Lipinski definition) is 1. The minimum absolute atomic E-state index is 0.0422. The van der Waals surface area contributed by atoms with E-state index in [-0.39, 0.29) is 27.3 Å². The van der Waals surface area contributed by atoms with Crippen molar-refractivity contribution >= 4 is 5.78 Å². The van der Waals surface area contributed by atoms with Gasteiger partial charge >= 0.3 is 82.3 Å². The molecular weight excluding hydrogens is 269 g/mol. The number of aliphatic hydroxyl groups excluding tert-OH is 1. The Morgan fingerprint density at radius 3 is 2.92 bits per heavy atom. The van der Waals surface area contributed by atoms with Crippen molar-refractivity contribution < 1.29 is 31.4 Å². The van der Waals surface area contributed by atoms with E-state index < -0.39 is 6.23 Å². The number of ketones is 1. The molecule has 0 amide bonds. The molecule has 3 nitrogen and oxygen atoms in total. The van der Waals surface area contributed by atoms with Gasteiger partial charge in [0.05, 0.1) is 0 Å². The number of carbonyl (C=O) groups excluding carboxylic acids is 1. The van der Waals surface area contributed by atoms with Crippen molar-refractivity contribution in [3.8, 4) is 0 Å². The molecule has 0 aromatic rings. The zero-order chi connectivity index (χ0) is 9.14. The van der Waals surface area contributed by atoms with Crippen LogP contribution in [0.2, 0.25) is 0 Å². The summed E-state index contributed by atoms with van der Waals surface area (Å²) in [6, 6.07) is 0. The summed E-state index contributed by atoms with van der Waals surface area (Å²) in [6.45, 7) is 1.53. The predicted molar refractivity (Wildman–Crippen MR) is 41.7 cm³/mol. The summed E-state index contributed by atoms with van der Waals surface area (Å²) in [5, 5.41) is 9.38. The van der Waals surface area contributed by atoms with Crippen LogP contribution in [0.4, 0.5) is 0 Å². The predicted octanol–water partition coefficient (Wildman–Crippen LogP) is -2.72. The van der Waals surface area contributed by atoms with Gasteiger partial charge in [-0.15, -0.1) is 0 Å². The van der Waals surface area contributed by atoms with Crippen molar-refractivity contribution in [1.29, 1.82) is 0 Å². The second-order valence-corrected chi connectivity index (χ2v) is 4.51. The number of alkyl halides is 1. The van der Waals surface area contributed by atoms with E-state index in [1.807, 2.05) is 8.04 Å². The molecule has 68 valence electrons. The monoisotopic (exact) mass is 280 g/mol. The topological polar surface area (TPSA) is 40.5 Å². The fraction of sp³-hybridized carbons (Fsp3) is 0.375. The minimum atomic E-state index is -0.536. The third kappa shape index (κ3) is 2.07. The molecule has 0 radical (unpaired) electrons. The Balaban J connectivity index is 2.80. The van der Waals surface area contributed by atoms with Crippen LogP contribution < -0.4 is 21.5 Å². The number of carbonyl (C=O) groups is 1. The van der Waals surface area contributed by atoms with Gasteiger partial charge in [-0.05, 0) is 0 Å².